The van der Waals surface area contributed by atoms with Gasteiger partial charge in [0.25, 0.3) is 0 Å². The molecule has 0 aliphatic heterocycles. The number of nitrogens with one attached hydrogen (secondary N) is 2. The smallest absolute Gasteiger partial charge is 0.245 e. The number of hydrogen-bond donors (Lipinski definition) is 3. The van der Waals surface area contributed by atoms with E-state index >= 15 is 0 Å². The van der Waals surface area contributed by atoms with E-state index in [1.165, 1.54) is 0 Å². The Balaban J connectivity index is 1.75. The van der Waals surface area contributed by atoms with Crippen LogP contribution in [0.3, 0.4) is 0 Å². The molecule has 0 unspecified atom stereocenters. The first-order valence-electron chi connectivity index (χ1n) is 9.90. The average Bonchev–Trinajstić information content (AvgIpc) is 2.74. The topological polar surface area (TPSA) is 87.5 Å². The molecule has 6 heteroatoms. The van der Waals surface area contributed by atoms with Crippen molar-refractivity contribution in [2.75, 3.05) is 10.4 Å². The first kappa shape index (κ1) is 21.4. The standard InChI is InChI=1S/C22H30N4O2/c23-24-21(27)17-11-3-1-2-4-12-18-22(28)26(20-15-9-6-10-16-20)25-19-13-7-5-8-14-19/h5-10,13-16,25H,1-4,11-12,17-18,23H2,(H,24,27). The lowest BCUT2D eigenvalue weighted by molar-refractivity contribution is -0.121. The van der Waals surface area contributed by atoms with E-state index in [4.69, 9.17) is 5.84 Å². The fraction of sp³-hybridized carbons (Fsp3) is 0.364. The van der Waals surface area contributed by atoms with Gasteiger partial charge in [0.05, 0.1) is 11.4 Å². The number of nitrogens with two attached hydrogens (primary N) is 1. The summed E-state index contributed by atoms with van der Waals surface area (Å²) < 4.78 is 0. The third kappa shape index (κ3) is 7.80. The number of anilines is 2. The molecule has 28 heavy (non-hydrogen) atoms. The molecule has 150 valence electrons. The van der Waals surface area contributed by atoms with Crippen LogP contribution < -0.4 is 21.7 Å². The van der Waals surface area contributed by atoms with E-state index in [2.05, 4.69) is 10.9 Å². The molecule has 0 heterocycles. The van der Waals surface area contributed by atoms with E-state index in [1.807, 2.05) is 60.7 Å². The number of nitrogens with zero attached hydrogens (tertiary/aromatic N) is 1. The Labute approximate surface area is 167 Å². The van der Waals surface area contributed by atoms with Crippen LogP contribution in [-0.4, -0.2) is 11.8 Å². The van der Waals surface area contributed by atoms with Gasteiger partial charge in [-0.2, -0.15) is 0 Å². The molecule has 2 aromatic rings. The second-order valence-electron chi connectivity index (χ2n) is 6.73. The summed E-state index contributed by atoms with van der Waals surface area (Å²) in [5.41, 5.74) is 7.06. The van der Waals surface area contributed by atoms with Crippen LogP contribution in [0, 0.1) is 0 Å². The molecule has 0 spiro atoms. The predicted octanol–water partition coefficient (Wildman–Crippen LogP) is 4.16. The number of hydrazine groups is 2. The van der Waals surface area contributed by atoms with Gasteiger partial charge in [-0.25, -0.2) is 10.9 Å². The Bertz CT molecular complexity index is 707. The van der Waals surface area contributed by atoms with Gasteiger partial charge in [0.15, 0.2) is 0 Å². The number of benzene rings is 2. The summed E-state index contributed by atoms with van der Waals surface area (Å²) in [6, 6.07) is 19.3. The number of amides is 2. The van der Waals surface area contributed by atoms with Gasteiger partial charge in [-0.1, -0.05) is 62.1 Å². The van der Waals surface area contributed by atoms with Crippen molar-refractivity contribution in [3.63, 3.8) is 0 Å². The fourth-order valence-corrected chi connectivity index (χ4v) is 2.94. The minimum absolute atomic E-state index is 0.0506. The summed E-state index contributed by atoms with van der Waals surface area (Å²) in [6.45, 7) is 0. The Morgan fingerprint density at radius 1 is 0.750 bits per heavy atom. The van der Waals surface area contributed by atoms with Gasteiger partial charge in [-0.3, -0.25) is 20.4 Å². The molecule has 4 N–H and O–H groups in total. The quantitative estimate of drug-likeness (QED) is 0.223. The third-order valence-corrected chi connectivity index (χ3v) is 4.48. The molecule has 0 bridgehead atoms. The SMILES string of the molecule is NNC(=O)CCCCCCCCC(=O)N(Nc1ccccc1)c1ccccc1. The van der Waals surface area contributed by atoms with E-state index in [0.717, 1.165) is 49.9 Å². The predicted molar refractivity (Wildman–Crippen MR) is 113 cm³/mol. The number of para-hydroxylation sites is 2. The maximum Gasteiger partial charge on any atom is 0.245 e. The molecule has 0 radical (unpaired) electrons. The van der Waals surface area contributed by atoms with Crippen molar-refractivity contribution in [1.82, 2.24) is 5.43 Å². The molecule has 2 rings (SSSR count). The van der Waals surface area contributed by atoms with Crippen molar-refractivity contribution in [3.8, 4) is 0 Å². The van der Waals surface area contributed by atoms with E-state index in [1.54, 1.807) is 5.01 Å². The summed E-state index contributed by atoms with van der Waals surface area (Å²) in [6.07, 6.45) is 6.81. The van der Waals surface area contributed by atoms with E-state index in [0.29, 0.717) is 12.8 Å². The van der Waals surface area contributed by atoms with Crippen LogP contribution in [0.4, 0.5) is 11.4 Å². The molecule has 0 aliphatic carbocycles. The van der Waals surface area contributed by atoms with Crippen LogP contribution in [0.25, 0.3) is 0 Å². The van der Waals surface area contributed by atoms with E-state index in [-0.39, 0.29) is 11.8 Å². The maximum atomic E-state index is 12.8. The molecule has 2 aromatic carbocycles. The van der Waals surface area contributed by atoms with Gasteiger partial charge in [0, 0.05) is 12.8 Å². The zero-order valence-electron chi connectivity index (χ0n) is 16.3. The van der Waals surface area contributed by atoms with Crippen LogP contribution in [0.1, 0.15) is 51.4 Å². The summed E-state index contributed by atoms with van der Waals surface area (Å²) in [7, 11) is 0. The second-order valence-corrected chi connectivity index (χ2v) is 6.73. The lowest BCUT2D eigenvalue weighted by Crippen LogP contribution is -2.36. The lowest BCUT2D eigenvalue weighted by atomic mass is 10.1. The van der Waals surface area contributed by atoms with Crippen LogP contribution in [0.15, 0.2) is 60.7 Å². The van der Waals surface area contributed by atoms with E-state index in [9.17, 15) is 9.59 Å². The zero-order valence-corrected chi connectivity index (χ0v) is 16.3. The Morgan fingerprint density at radius 2 is 1.29 bits per heavy atom. The molecule has 0 aliphatic rings. The Hall–Kier alpha value is -2.86. The van der Waals surface area contributed by atoms with Crippen LogP contribution in [0.2, 0.25) is 0 Å². The third-order valence-electron chi connectivity index (χ3n) is 4.48. The van der Waals surface area contributed by atoms with Crippen LogP contribution >= 0.6 is 0 Å². The molecular formula is C22H30N4O2. The Morgan fingerprint density at radius 3 is 1.89 bits per heavy atom. The van der Waals surface area contributed by atoms with Crippen LogP contribution in [0.5, 0.6) is 0 Å². The normalized spacial score (nSPS) is 10.3. The number of carbonyl (C=O) groups is 2. The van der Waals surface area contributed by atoms with Gasteiger partial charge in [0.1, 0.15) is 0 Å². The van der Waals surface area contributed by atoms with Crippen molar-refractivity contribution in [1.29, 1.82) is 0 Å². The van der Waals surface area contributed by atoms with Crippen molar-refractivity contribution < 1.29 is 9.59 Å². The molecule has 0 saturated heterocycles. The summed E-state index contributed by atoms with van der Waals surface area (Å²) >= 11 is 0. The Kier molecular flexibility index (Phi) is 9.58. The summed E-state index contributed by atoms with van der Waals surface area (Å²) in [5, 5.41) is 1.63. The first-order chi connectivity index (χ1) is 13.7. The summed E-state index contributed by atoms with van der Waals surface area (Å²) in [5.74, 6) is 4.99. The van der Waals surface area contributed by atoms with Gasteiger partial charge in [-0.15, -0.1) is 0 Å². The van der Waals surface area contributed by atoms with Crippen molar-refractivity contribution in [3.05, 3.63) is 60.7 Å². The minimum Gasteiger partial charge on any atom is -0.294 e. The van der Waals surface area contributed by atoms with Gasteiger partial charge in [0.2, 0.25) is 11.8 Å². The number of hydrogen-bond acceptors (Lipinski definition) is 4. The van der Waals surface area contributed by atoms with Crippen LogP contribution in [-0.2, 0) is 9.59 Å². The highest BCUT2D eigenvalue weighted by molar-refractivity contribution is 5.95. The zero-order chi connectivity index (χ0) is 20.0. The van der Waals surface area contributed by atoms with Crippen molar-refractivity contribution in [2.24, 2.45) is 5.84 Å². The van der Waals surface area contributed by atoms with Crippen molar-refractivity contribution >= 4 is 23.2 Å². The number of carbonyl (C=O) groups excluding carboxylic acids is 2. The van der Waals surface area contributed by atoms with Gasteiger partial charge in [-0.05, 0) is 37.1 Å². The molecule has 0 saturated carbocycles. The summed E-state index contributed by atoms with van der Waals surface area (Å²) in [4.78, 5) is 23.8. The molecule has 6 nitrogen and oxygen atoms in total. The number of unbranched alkanes of at least 4 members (excludes halogenated alkanes) is 5. The highest BCUT2D eigenvalue weighted by Gasteiger charge is 2.15. The monoisotopic (exact) mass is 382 g/mol. The molecule has 2 amide bonds. The second kappa shape index (κ2) is 12.5. The average molecular weight is 383 g/mol. The lowest BCUT2D eigenvalue weighted by Gasteiger charge is -2.24. The molecule has 0 fully saturated rings. The molecule has 0 atom stereocenters. The first-order valence-corrected chi connectivity index (χ1v) is 9.90. The highest BCUT2D eigenvalue weighted by atomic mass is 16.2. The fourth-order valence-electron chi connectivity index (χ4n) is 2.94. The maximum absolute atomic E-state index is 12.8. The molecular weight excluding hydrogens is 352 g/mol. The highest BCUT2D eigenvalue weighted by Crippen LogP contribution is 2.18. The van der Waals surface area contributed by atoms with Crippen molar-refractivity contribution in [2.45, 2.75) is 51.4 Å². The largest absolute Gasteiger partial charge is 0.294 e. The number of rotatable bonds is 12. The van der Waals surface area contributed by atoms with E-state index < -0.39 is 0 Å². The van der Waals surface area contributed by atoms with Gasteiger partial charge >= 0.3 is 0 Å². The molecule has 0 aromatic heterocycles. The van der Waals surface area contributed by atoms with Gasteiger partial charge < -0.3 is 0 Å². The minimum atomic E-state index is -0.113.